The highest BCUT2D eigenvalue weighted by Crippen LogP contribution is 2.40. The summed E-state index contributed by atoms with van der Waals surface area (Å²) in [6.45, 7) is 11.4. The van der Waals surface area contributed by atoms with E-state index in [1.54, 1.807) is 0 Å². The van der Waals surface area contributed by atoms with Crippen LogP contribution in [0.4, 0.5) is 0 Å². The molecule has 0 heterocycles. The smallest absolute Gasteiger partial charge is 0.120 e. The molecule has 0 aromatic heterocycles. The van der Waals surface area contributed by atoms with Gasteiger partial charge < -0.3 is 9.84 Å². The topological polar surface area (TPSA) is 29.5 Å². The molecule has 108 valence electrons. The van der Waals surface area contributed by atoms with Crippen LogP contribution in [0.5, 0.6) is 5.75 Å². The minimum atomic E-state index is 0.00882. The summed E-state index contributed by atoms with van der Waals surface area (Å²) in [7, 11) is 0. The molecule has 0 saturated heterocycles. The van der Waals surface area contributed by atoms with E-state index in [-0.39, 0.29) is 17.4 Å². The van der Waals surface area contributed by atoms with E-state index in [1.807, 2.05) is 18.2 Å². The molecule has 1 N–H and O–H groups in total. The largest absolute Gasteiger partial charge is 0.491 e. The van der Waals surface area contributed by atoms with Crippen LogP contribution in [0.1, 0.15) is 46.6 Å². The maximum Gasteiger partial charge on any atom is 0.120 e. The lowest BCUT2D eigenvalue weighted by molar-refractivity contribution is 0.201. The van der Waals surface area contributed by atoms with Crippen LogP contribution in [0.25, 0.3) is 0 Å². The maximum atomic E-state index is 8.75. The van der Waals surface area contributed by atoms with Gasteiger partial charge in [0.2, 0.25) is 0 Å². The van der Waals surface area contributed by atoms with Crippen LogP contribution in [-0.4, -0.2) is 18.3 Å². The zero-order valence-electron chi connectivity index (χ0n) is 12.6. The summed E-state index contributed by atoms with van der Waals surface area (Å²) in [4.78, 5) is 0. The Balaban J connectivity index is 2.95. The first-order valence-electron chi connectivity index (χ1n) is 6.69. The molecule has 2 nitrogen and oxygen atoms in total. The Hall–Kier alpha value is -0.730. The predicted octanol–water partition coefficient (Wildman–Crippen LogP) is 4.42. The van der Waals surface area contributed by atoms with Crippen molar-refractivity contribution in [1.82, 2.24) is 0 Å². The first-order valence-corrected chi connectivity index (χ1v) is 7.07. The van der Waals surface area contributed by atoms with Crippen molar-refractivity contribution in [1.29, 1.82) is 0 Å². The van der Waals surface area contributed by atoms with Gasteiger partial charge in [-0.1, -0.05) is 52.3 Å². The Bertz CT molecular complexity index is 419. The zero-order valence-corrected chi connectivity index (χ0v) is 13.3. The van der Waals surface area contributed by atoms with Crippen molar-refractivity contribution >= 4 is 11.6 Å². The average Bonchev–Trinajstić information content (AvgIpc) is 2.22. The van der Waals surface area contributed by atoms with Crippen LogP contribution < -0.4 is 4.74 Å². The highest BCUT2D eigenvalue weighted by Gasteiger charge is 2.29. The third-order valence-corrected chi connectivity index (χ3v) is 3.31. The number of hydrogen-bond acceptors (Lipinski definition) is 2. The van der Waals surface area contributed by atoms with Crippen molar-refractivity contribution in [2.75, 3.05) is 13.2 Å². The van der Waals surface area contributed by atoms with Crippen LogP contribution in [0.3, 0.4) is 0 Å². The molecule has 0 unspecified atom stereocenters. The molecule has 0 aliphatic heterocycles. The molecule has 0 radical (unpaired) electrons. The summed E-state index contributed by atoms with van der Waals surface area (Å²) >= 11 is 6.38. The second-order valence-electron chi connectivity index (χ2n) is 6.84. The summed E-state index contributed by atoms with van der Waals surface area (Å²) in [6.07, 6.45) is 1.05. The van der Waals surface area contributed by atoms with Crippen molar-refractivity contribution in [3.63, 3.8) is 0 Å². The van der Waals surface area contributed by atoms with Crippen LogP contribution in [0.15, 0.2) is 18.2 Å². The fraction of sp³-hybridized carbons (Fsp3) is 0.625. The Labute approximate surface area is 121 Å². The second-order valence-corrected chi connectivity index (χ2v) is 7.24. The van der Waals surface area contributed by atoms with E-state index in [0.29, 0.717) is 12.4 Å². The van der Waals surface area contributed by atoms with Crippen LogP contribution in [0, 0.1) is 5.41 Å². The van der Waals surface area contributed by atoms with E-state index in [1.165, 1.54) is 0 Å². The molecule has 0 bridgehead atoms. The standard InChI is InChI=1S/C16H25ClO2/c1-15(2,3)11-16(4,5)13-7-6-12(10-14(13)17)19-9-8-18/h6-7,10,18H,8-9,11H2,1-5H3. The normalized spacial score (nSPS) is 12.6. The summed E-state index contributed by atoms with van der Waals surface area (Å²) in [6, 6.07) is 5.78. The second kappa shape index (κ2) is 6.15. The van der Waals surface area contributed by atoms with Gasteiger partial charge in [0.1, 0.15) is 12.4 Å². The Morgan fingerprint density at radius 3 is 2.26 bits per heavy atom. The molecule has 0 spiro atoms. The van der Waals surface area contributed by atoms with Crippen molar-refractivity contribution in [2.24, 2.45) is 5.41 Å². The fourth-order valence-corrected chi connectivity index (χ4v) is 3.15. The number of aliphatic hydroxyl groups is 1. The maximum absolute atomic E-state index is 8.75. The van der Waals surface area contributed by atoms with Crippen LogP contribution >= 0.6 is 11.6 Å². The van der Waals surface area contributed by atoms with Gasteiger partial charge in [-0.2, -0.15) is 0 Å². The van der Waals surface area contributed by atoms with Gasteiger partial charge in [0.15, 0.2) is 0 Å². The van der Waals surface area contributed by atoms with E-state index in [9.17, 15) is 0 Å². The molecule has 0 atom stereocenters. The molecule has 0 amide bonds. The lowest BCUT2D eigenvalue weighted by atomic mass is 9.72. The molecule has 0 aliphatic rings. The van der Waals surface area contributed by atoms with Crippen LogP contribution in [0.2, 0.25) is 5.02 Å². The number of ether oxygens (including phenoxy) is 1. The molecular formula is C16H25ClO2. The number of hydrogen-bond donors (Lipinski definition) is 1. The predicted molar refractivity (Wildman–Crippen MR) is 81.1 cm³/mol. The number of halogens is 1. The van der Waals surface area contributed by atoms with Crippen molar-refractivity contribution < 1.29 is 9.84 Å². The Morgan fingerprint density at radius 2 is 1.79 bits per heavy atom. The summed E-state index contributed by atoms with van der Waals surface area (Å²) in [5.74, 6) is 0.703. The number of benzene rings is 1. The van der Waals surface area contributed by atoms with Crippen molar-refractivity contribution in [2.45, 2.75) is 46.5 Å². The summed E-state index contributed by atoms with van der Waals surface area (Å²) in [5.41, 5.74) is 1.41. The Morgan fingerprint density at radius 1 is 1.16 bits per heavy atom. The van der Waals surface area contributed by atoms with Gasteiger partial charge in [-0.3, -0.25) is 0 Å². The molecule has 3 heteroatoms. The van der Waals surface area contributed by atoms with Crippen LogP contribution in [-0.2, 0) is 5.41 Å². The van der Waals surface area contributed by atoms with Crippen molar-refractivity contribution in [3.8, 4) is 5.75 Å². The van der Waals surface area contributed by atoms with E-state index in [2.05, 4.69) is 34.6 Å². The first kappa shape index (κ1) is 16.3. The first-order chi connectivity index (χ1) is 8.65. The minimum Gasteiger partial charge on any atom is -0.491 e. The third kappa shape index (κ3) is 5.04. The third-order valence-electron chi connectivity index (χ3n) is 3.00. The van der Waals surface area contributed by atoms with Gasteiger partial charge in [0.25, 0.3) is 0 Å². The zero-order chi connectivity index (χ0) is 14.7. The monoisotopic (exact) mass is 284 g/mol. The van der Waals surface area contributed by atoms with Gasteiger partial charge in [0, 0.05) is 5.02 Å². The van der Waals surface area contributed by atoms with Gasteiger partial charge in [0.05, 0.1) is 6.61 Å². The molecular weight excluding hydrogens is 260 g/mol. The van der Waals surface area contributed by atoms with E-state index >= 15 is 0 Å². The quantitative estimate of drug-likeness (QED) is 0.867. The number of rotatable bonds is 5. The highest BCUT2D eigenvalue weighted by molar-refractivity contribution is 6.31. The molecule has 1 aromatic carbocycles. The Kier molecular flexibility index (Phi) is 5.28. The summed E-state index contributed by atoms with van der Waals surface area (Å²) in [5, 5.41) is 9.48. The number of aliphatic hydroxyl groups excluding tert-OH is 1. The molecule has 1 rings (SSSR count). The fourth-order valence-electron chi connectivity index (χ4n) is 2.72. The molecule has 19 heavy (non-hydrogen) atoms. The lowest BCUT2D eigenvalue weighted by Crippen LogP contribution is -2.25. The van der Waals surface area contributed by atoms with E-state index < -0.39 is 0 Å². The molecule has 0 aliphatic carbocycles. The van der Waals surface area contributed by atoms with E-state index in [4.69, 9.17) is 21.4 Å². The van der Waals surface area contributed by atoms with Gasteiger partial charge in [-0.25, -0.2) is 0 Å². The average molecular weight is 285 g/mol. The van der Waals surface area contributed by atoms with Gasteiger partial charge in [-0.15, -0.1) is 0 Å². The van der Waals surface area contributed by atoms with Gasteiger partial charge >= 0.3 is 0 Å². The van der Waals surface area contributed by atoms with Crippen molar-refractivity contribution in [3.05, 3.63) is 28.8 Å². The van der Waals surface area contributed by atoms with Gasteiger partial charge in [-0.05, 0) is 34.9 Å². The highest BCUT2D eigenvalue weighted by atomic mass is 35.5. The molecule has 0 saturated carbocycles. The summed E-state index contributed by atoms with van der Waals surface area (Å²) < 4.78 is 5.37. The minimum absolute atomic E-state index is 0.00882. The molecule has 0 fully saturated rings. The SMILES string of the molecule is CC(C)(C)CC(C)(C)c1ccc(OCCO)cc1Cl. The van der Waals surface area contributed by atoms with E-state index in [0.717, 1.165) is 17.0 Å². The molecule has 1 aromatic rings. The lowest BCUT2D eigenvalue weighted by Gasteiger charge is -2.33.